The molecule has 0 aromatic heterocycles. The molecule has 0 radical (unpaired) electrons. The molecule has 0 N–H and O–H groups in total. The average molecular weight is 247 g/mol. The summed E-state index contributed by atoms with van der Waals surface area (Å²) in [6, 6.07) is 9.06. The highest BCUT2D eigenvalue weighted by Crippen LogP contribution is 2.12. The van der Waals surface area contributed by atoms with E-state index in [1.54, 1.807) is 38.5 Å². The summed E-state index contributed by atoms with van der Waals surface area (Å²) in [6.45, 7) is 2.39. The molecule has 0 fully saturated rings. The molecule has 0 amide bonds. The van der Waals surface area contributed by atoms with Crippen molar-refractivity contribution < 1.29 is 14.2 Å². The van der Waals surface area contributed by atoms with Gasteiger partial charge in [0.05, 0.1) is 11.6 Å². The Hall–Kier alpha value is -1.83. The number of methoxy groups -OCH3 is 2. The maximum atomic E-state index is 8.67. The molecule has 0 bridgehead atoms. The molecular weight excluding hydrogens is 230 g/mol. The summed E-state index contributed by atoms with van der Waals surface area (Å²) >= 11 is 0. The fourth-order valence-electron chi connectivity index (χ4n) is 1.34. The lowest BCUT2D eigenvalue weighted by molar-refractivity contribution is -0.0673. The van der Waals surface area contributed by atoms with E-state index < -0.39 is 0 Å². The van der Waals surface area contributed by atoms with Gasteiger partial charge in [0.25, 0.3) is 0 Å². The van der Waals surface area contributed by atoms with Gasteiger partial charge in [0.2, 0.25) is 0 Å². The third kappa shape index (κ3) is 4.58. The van der Waals surface area contributed by atoms with Crippen molar-refractivity contribution >= 4 is 0 Å². The summed E-state index contributed by atoms with van der Waals surface area (Å²) in [7, 11) is 3.17. The molecule has 0 saturated heterocycles. The summed E-state index contributed by atoms with van der Waals surface area (Å²) in [6.07, 6.45) is 1.50. The third-order valence-corrected chi connectivity index (χ3v) is 2.34. The Morgan fingerprint density at radius 1 is 1.28 bits per heavy atom. The Kier molecular flexibility index (Phi) is 5.92. The summed E-state index contributed by atoms with van der Waals surface area (Å²) in [5, 5.41) is 8.67. The zero-order valence-electron chi connectivity index (χ0n) is 10.8. The smallest absolute Gasteiger partial charge is 0.176 e. The van der Waals surface area contributed by atoms with Crippen molar-refractivity contribution in [3.05, 3.63) is 41.5 Å². The zero-order chi connectivity index (χ0) is 13.4. The maximum absolute atomic E-state index is 8.67. The number of hydrogen-bond donors (Lipinski definition) is 0. The molecule has 18 heavy (non-hydrogen) atoms. The minimum atomic E-state index is -0.352. The second kappa shape index (κ2) is 7.49. The summed E-state index contributed by atoms with van der Waals surface area (Å²) in [4.78, 5) is 0. The molecule has 0 aliphatic carbocycles. The van der Waals surface area contributed by atoms with Crippen LogP contribution in [0.1, 0.15) is 12.5 Å². The zero-order valence-corrected chi connectivity index (χ0v) is 10.8. The van der Waals surface area contributed by atoms with Gasteiger partial charge in [-0.3, -0.25) is 0 Å². The van der Waals surface area contributed by atoms with E-state index in [0.717, 1.165) is 11.3 Å². The molecular formula is C14H17NO3. The van der Waals surface area contributed by atoms with Crippen LogP contribution >= 0.6 is 0 Å². The predicted octanol–water partition coefficient (Wildman–Crippen LogP) is 2.50. The molecule has 0 unspecified atom stereocenters. The highest BCUT2D eigenvalue weighted by Gasteiger charge is 2.02. The van der Waals surface area contributed by atoms with E-state index >= 15 is 0 Å². The van der Waals surface area contributed by atoms with Crippen LogP contribution in [0.2, 0.25) is 0 Å². The summed E-state index contributed by atoms with van der Waals surface area (Å²) in [5.41, 5.74) is 1.63. The quantitative estimate of drug-likeness (QED) is 0.572. The number of benzene rings is 1. The molecule has 96 valence electrons. The first-order chi connectivity index (χ1) is 8.69. The van der Waals surface area contributed by atoms with Gasteiger partial charge in [-0.1, -0.05) is 0 Å². The van der Waals surface area contributed by atoms with E-state index in [0.29, 0.717) is 12.2 Å². The topological polar surface area (TPSA) is 51.5 Å². The molecule has 1 aromatic rings. The molecule has 0 spiro atoms. The monoisotopic (exact) mass is 247 g/mol. The van der Waals surface area contributed by atoms with Crippen LogP contribution in [0.4, 0.5) is 0 Å². The van der Waals surface area contributed by atoms with E-state index in [4.69, 9.17) is 19.5 Å². The van der Waals surface area contributed by atoms with E-state index in [9.17, 15) is 0 Å². The molecule has 0 saturated carbocycles. The molecule has 1 aromatic carbocycles. The van der Waals surface area contributed by atoms with Crippen LogP contribution < -0.4 is 4.74 Å². The van der Waals surface area contributed by atoms with Crippen LogP contribution in [-0.2, 0) is 9.47 Å². The molecule has 0 aliphatic rings. The van der Waals surface area contributed by atoms with Crippen LogP contribution in [0.5, 0.6) is 5.75 Å². The van der Waals surface area contributed by atoms with Crippen molar-refractivity contribution in [3.63, 3.8) is 0 Å². The molecule has 4 nitrogen and oxygen atoms in total. The first-order valence-corrected chi connectivity index (χ1v) is 5.55. The number of hydrogen-bond acceptors (Lipinski definition) is 4. The Morgan fingerprint density at radius 2 is 1.89 bits per heavy atom. The first kappa shape index (κ1) is 14.2. The Balaban J connectivity index is 2.51. The Morgan fingerprint density at radius 3 is 2.39 bits per heavy atom. The minimum Gasteiger partial charge on any atom is -0.489 e. The highest BCUT2D eigenvalue weighted by molar-refractivity contribution is 5.34. The van der Waals surface area contributed by atoms with Gasteiger partial charge in [-0.25, -0.2) is 0 Å². The number of ether oxygens (including phenoxy) is 3. The number of nitrogens with zero attached hydrogens (tertiary/aromatic N) is 1. The van der Waals surface area contributed by atoms with Crippen molar-refractivity contribution in [1.82, 2.24) is 0 Å². The Bertz CT molecular complexity index is 427. The van der Waals surface area contributed by atoms with Crippen molar-refractivity contribution in [2.45, 2.75) is 13.2 Å². The predicted molar refractivity (Wildman–Crippen MR) is 68.2 cm³/mol. The summed E-state index contributed by atoms with van der Waals surface area (Å²) in [5.74, 6) is 0.730. The van der Waals surface area contributed by atoms with Gasteiger partial charge in [-0.15, -0.1) is 0 Å². The molecule has 0 atom stereocenters. The van der Waals surface area contributed by atoms with E-state index in [1.807, 2.05) is 13.0 Å². The SMILES string of the molecule is COC(/C=C(\C)COc1ccc(C#N)cc1)OC. The molecule has 0 heterocycles. The van der Waals surface area contributed by atoms with Gasteiger partial charge in [0.15, 0.2) is 6.29 Å². The maximum Gasteiger partial charge on any atom is 0.176 e. The van der Waals surface area contributed by atoms with Gasteiger partial charge in [0.1, 0.15) is 12.4 Å². The molecule has 1 rings (SSSR count). The van der Waals surface area contributed by atoms with E-state index in [-0.39, 0.29) is 6.29 Å². The fraction of sp³-hybridized carbons (Fsp3) is 0.357. The lowest BCUT2D eigenvalue weighted by Gasteiger charge is -2.11. The normalized spacial score (nSPS) is 11.4. The third-order valence-electron chi connectivity index (χ3n) is 2.34. The molecule has 4 heteroatoms. The van der Waals surface area contributed by atoms with Crippen molar-refractivity contribution in [2.75, 3.05) is 20.8 Å². The molecule has 0 aliphatic heterocycles. The summed E-state index contributed by atoms with van der Waals surface area (Å²) < 4.78 is 15.7. The van der Waals surface area contributed by atoms with Crippen LogP contribution in [0.25, 0.3) is 0 Å². The average Bonchev–Trinajstić information content (AvgIpc) is 2.43. The first-order valence-electron chi connectivity index (χ1n) is 5.55. The highest BCUT2D eigenvalue weighted by atomic mass is 16.7. The Labute approximate surface area is 107 Å². The van der Waals surface area contributed by atoms with Crippen molar-refractivity contribution in [3.8, 4) is 11.8 Å². The van der Waals surface area contributed by atoms with Crippen LogP contribution in [-0.4, -0.2) is 27.1 Å². The second-order valence-electron chi connectivity index (χ2n) is 3.78. The van der Waals surface area contributed by atoms with E-state index in [1.165, 1.54) is 0 Å². The standard InChI is InChI=1S/C14H17NO3/c1-11(8-14(16-2)17-3)10-18-13-6-4-12(9-15)5-7-13/h4-8,14H,10H2,1-3H3/b11-8+. The van der Waals surface area contributed by atoms with Gasteiger partial charge in [-0.2, -0.15) is 5.26 Å². The van der Waals surface area contributed by atoms with Gasteiger partial charge in [0, 0.05) is 14.2 Å². The largest absolute Gasteiger partial charge is 0.489 e. The second-order valence-corrected chi connectivity index (χ2v) is 3.78. The van der Waals surface area contributed by atoms with E-state index in [2.05, 4.69) is 6.07 Å². The lowest BCUT2D eigenvalue weighted by atomic mass is 10.2. The van der Waals surface area contributed by atoms with Crippen LogP contribution in [0.15, 0.2) is 35.9 Å². The van der Waals surface area contributed by atoms with Crippen LogP contribution in [0.3, 0.4) is 0 Å². The van der Waals surface area contributed by atoms with Gasteiger partial charge >= 0.3 is 0 Å². The lowest BCUT2D eigenvalue weighted by Crippen LogP contribution is -2.11. The van der Waals surface area contributed by atoms with Crippen molar-refractivity contribution in [1.29, 1.82) is 5.26 Å². The number of rotatable bonds is 6. The van der Waals surface area contributed by atoms with Crippen molar-refractivity contribution in [2.24, 2.45) is 0 Å². The minimum absolute atomic E-state index is 0.352. The number of nitriles is 1. The fourth-order valence-corrected chi connectivity index (χ4v) is 1.34. The van der Waals surface area contributed by atoms with Gasteiger partial charge < -0.3 is 14.2 Å². The van der Waals surface area contributed by atoms with Crippen LogP contribution in [0, 0.1) is 11.3 Å². The van der Waals surface area contributed by atoms with Gasteiger partial charge in [-0.05, 0) is 42.8 Å².